The molecule has 1 aliphatic heterocycles. The van der Waals surface area contributed by atoms with Crippen LogP contribution in [0.4, 0.5) is 0 Å². The minimum atomic E-state index is -0.267. The minimum absolute atomic E-state index is 0.167. The smallest absolute Gasteiger partial charge is 0.229 e. The minimum Gasteiger partial charge on any atom is -0.370 e. The van der Waals surface area contributed by atoms with E-state index in [0.717, 1.165) is 25.2 Å². The number of likely N-dealkylation sites (tertiary alicyclic amines) is 1. The van der Waals surface area contributed by atoms with Crippen LogP contribution >= 0.6 is 0 Å². The van der Waals surface area contributed by atoms with Gasteiger partial charge >= 0.3 is 0 Å². The van der Waals surface area contributed by atoms with E-state index in [1.54, 1.807) is 0 Å². The second kappa shape index (κ2) is 5.48. The molecule has 0 spiro atoms. The third-order valence-corrected chi connectivity index (χ3v) is 3.26. The lowest BCUT2D eigenvalue weighted by atomic mass is 10.2. The lowest BCUT2D eigenvalue weighted by Gasteiger charge is -2.20. The molecule has 0 aliphatic carbocycles. The van der Waals surface area contributed by atoms with Crippen molar-refractivity contribution in [3.8, 4) is 0 Å². The molecule has 18 heavy (non-hydrogen) atoms. The van der Waals surface area contributed by atoms with Crippen LogP contribution in [0.15, 0.2) is 4.52 Å². The van der Waals surface area contributed by atoms with E-state index >= 15 is 0 Å². The summed E-state index contributed by atoms with van der Waals surface area (Å²) in [5.41, 5.74) is 5.18. The van der Waals surface area contributed by atoms with E-state index in [-0.39, 0.29) is 17.9 Å². The Kier molecular flexibility index (Phi) is 3.96. The zero-order chi connectivity index (χ0) is 13.1. The largest absolute Gasteiger partial charge is 0.370 e. The first-order valence-corrected chi connectivity index (χ1v) is 6.43. The Balaban J connectivity index is 2.03. The van der Waals surface area contributed by atoms with Gasteiger partial charge in [-0.2, -0.15) is 4.98 Å². The average molecular weight is 252 g/mol. The number of nitrogens with two attached hydrogens (primary N) is 1. The molecule has 6 heteroatoms. The SMILES string of the molecule is CC(C)c1nc(C2CCCN2CCC(N)=O)no1. The van der Waals surface area contributed by atoms with Crippen LogP contribution < -0.4 is 5.73 Å². The number of primary amides is 1. The molecule has 1 amide bonds. The van der Waals surface area contributed by atoms with Crippen molar-refractivity contribution in [1.29, 1.82) is 0 Å². The molecule has 1 fully saturated rings. The number of nitrogens with zero attached hydrogens (tertiary/aromatic N) is 3. The monoisotopic (exact) mass is 252 g/mol. The van der Waals surface area contributed by atoms with E-state index in [0.29, 0.717) is 18.9 Å². The van der Waals surface area contributed by atoms with E-state index in [4.69, 9.17) is 10.3 Å². The Morgan fingerprint density at radius 1 is 1.61 bits per heavy atom. The molecule has 1 aromatic rings. The van der Waals surface area contributed by atoms with Gasteiger partial charge in [0.25, 0.3) is 0 Å². The third kappa shape index (κ3) is 2.87. The van der Waals surface area contributed by atoms with Gasteiger partial charge in [0.15, 0.2) is 5.82 Å². The van der Waals surface area contributed by atoms with Crippen molar-refractivity contribution in [3.63, 3.8) is 0 Å². The summed E-state index contributed by atoms with van der Waals surface area (Å²) in [6.45, 7) is 5.68. The van der Waals surface area contributed by atoms with Crippen LogP contribution in [0, 0.1) is 0 Å². The highest BCUT2D eigenvalue weighted by molar-refractivity contribution is 5.73. The molecule has 1 aliphatic rings. The van der Waals surface area contributed by atoms with Gasteiger partial charge in [0.2, 0.25) is 11.8 Å². The predicted octanol–water partition coefficient (Wildman–Crippen LogP) is 1.21. The van der Waals surface area contributed by atoms with E-state index < -0.39 is 0 Å². The van der Waals surface area contributed by atoms with Crippen LogP contribution in [0.2, 0.25) is 0 Å². The Morgan fingerprint density at radius 3 is 3.00 bits per heavy atom. The topological polar surface area (TPSA) is 85.3 Å². The predicted molar refractivity (Wildman–Crippen MR) is 65.7 cm³/mol. The number of hydrogen-bond acceptors (Lipinski definition) is 5. The van der Waals surface area contributed by atoms with Gasteiger partial charge in [-0.15, -0.1) is 0 Å². The average Bonchev–Trinajstić information content (AvgIpc) is 2.94. The normalized spacial score (nSPS) is 20.7. The molecule has 2 N–H and O–H groups in total. The van der Waals surface area contributed by atoms with Gasteiger partial charge in [-0.1, -0.05) is 19.0 Å². The third-order valence-electron chi connectivity index (χ3n) is 3.26. The molecule has 0 saturated carbocycles. The standard InChI is InChI=1S/C12H20N4O2/c1-8(2)12-14-11(15-18-12)9-4-3-6-16(9)7-5-10(13)17/h8-9H,3-7H2,1-2H3,(H2,13,17). The number of rotatable bonds is 5. The lowest BCUT2D eigenvalue weighted by Crippen LogP contribution is -2.28. The maximum Gasteiger partial charge on any atom is 0.229 e. The molecule has 2 rings (SSSR count). The quantitative estimate of drug-likeness (QED) is 0.851. The number of carbonyl (C=O) groups excluding carboxylic acids is 1. The maximum atomic E-state index is 10.8. The molecule has 1 atom stereocenters. The molecule has 2 heterocycles. The molecule has 0 bridgehead atoms. The molecule has 6 nitrogen and oxygen atoms in total. The summed E-state index contributed by atoms with van der Waals surface area (Å²) < 4.78 is 5.23. The molecular formula is C12H20N4O2. The Bertz CT molecular complexity index is 416. The summed E-state index contributed by atoms with van der Waals surface area (Å²) in [5.74, 6) is 1.38. The zero-order valence-electron chi connectivity index (χ0n) is 10.9. The number of aromatic nitrogens is 2. The summed E-state index contributed by atoms with van der Waals surface area (Å²) in [7, 11) is 0. The first-order chi connectivity index (χ1) is 8.58. The van der Waals surface area contributed by atoms with E-state index in [2.05, 4.69) is 15.0 Å². The first-order valence-electron chi connectivity index (χ1n) is 6.43. The summed E-state index contributed by atoms with van der Waals surface area (Å²) in [6.07, 6.45) is 2.48. The fraction of sp³-hybridized carbons (Fsp3) is 0.750. The van der Waals surface area contributed by atoms with Gasteiger partial charge in [0.1, 0.15) is 0 Å². The van der Waals surface area contributed by atoms with Crippen molar-refractivity contribution in [2.24, 2.45) is 5.73 Å². The fourth-order valence-corrected chi connectivity index (χ4v) is 2.26. The van der Waals surface area contributed by atoms with Gasteiger partial charge < -0.3 is 10.3 Å². The molecule has 1 aromatic heterocycles. The maximum absolute atomic E-state index is 10.8. The van der Waals surface area contributed by atoms with Crippen LogP contribution in [0.25, 0.3) is 0 Å². The van der Waals surface area contributed by atoms with Crippen molar-refractivity contribution in [2.75, 3.05) is 13.1 Å². The summed E-state index contributed by atoms with van der Waals surface area (Å²) in [5, 5.41) is 4.05. The van der Waals surface area contributed by atoms with E-state index in [9.17, 15) is 4.79 Å². The van der Waals surface area contributed by atoms with E-state index in [1.807, 2.05) is 13.8 Å². The molecule has 100 valence electrons. The second-order valence-corrected chi connectivity index (χ2v) is 5.06. The molecule has 0 aromatic carbocycles. The van der Waals surface area contributed by atoms with Gasteiger partial charge in [0.05, 0.1) is 6.04 Å². The van der Waals surface area contributed by atoms with Crippen molar-refractivity contribution in [3.05, 3.63) is 11.7 Å². The van der Waals surface area contributed by atoms with Gasteiger partial charge in [0, 0.05) is 18.9 Å². The number of hydrogen-bond donors (Lipinski definition) is 1. The fourth-order valence-electron chi connectivity index (χ4n) is 2.26. The van der Waals surface area contributed by atoms with Crippen LogP contribution in [-0.4, -0.2) is 34.0 Å². The molecule has 0 radical (unpaired) electrons. The van der Waals surface area contributed by atoms with Gasteiger partial charge in [-0.05, 0) is 19.4 Å². The van der Waals surface area contributed by atoms with Crippen molar-refractivity contribution in [2.45, 2.75) is 45.1 Å². The summed E-state index contributed by atoms with van der Waals surface area (Å²) >= 11 is 0. The first kappa shape index (κ1) is 13.0. The Hall–Kier alpha value is -1.43. The van der Waals surface area contributed by atoms with E-state index in [1.165, 1.54) is 0 Å². The highest BCUT2D eigenvalue weighted by Crippen LogP contribution is 2.30. The summed E-state index contributed by atoms with van der Waals surface area (Å²) in [6, 6.07) is 0.167. The van der Waals surface area contributed by atoms with Crippen molar-refractivity contribution in [1.82, 2.24) is 15.0 Å². The van der Waals surface area contributed by atoms with Crippen LogP contribution in [0.5, 0.6) is 0 Å². The zero-order valence-corrected chi connectivity index (χ0v) is 10.9. The highest BCUT2D eigenvalue weighted by atomic mass is 16.5. The molecule has 1 saturated heterocycles. The lowest BCUT2D eigenvalue weighted by molar-refractivity contribution is -0.118. The Labute approximate surface area is 107 Å². The van der Waals surface area contributed by atoms with Crippen molar-refractivity contribution < 1.29 is 9.32 Å². The summed E-state index contributed by atoms with van der Waals surface area (Å²) in [4.78, 5) is 17.5. The molecular weight excluding hydrogens is 232 g/mol. The molecule has 1 unspecified atom stereocenters. The van der Waals surface area contributed by atoms with Crippen LogP contribution in [0.3, 0.4) is 0 Å². The van der Waals surface area contributed by atoms with Gasteiger partial charge in [-0.3, -0.25) is 9.69 Å². The van der Waals surface area contributed by atoms with Crippen LogP contribution in [-0.2, 0) is 4.79 Å². The Morgan fingerprint density at radius 2 is 2.39 bits per heavy atom. The van der Waals surface area contributed by atoms with Gasteiger partial charge in [-0.25, -0.2) is 0 Å². The second-order valence-electron chi connectivity index (χ2n) is 5.06. The van der Waals surface area contributed by atoms with Crippen molar-refractivity contribution >= 4 is 5.91 Å². The van der Waals surface area contributed by atoms with Crippen LogP contribution in [0.1, 0.15) is 56.8 Å². The number of amides is 1. The number of carbonyl (C=O) groups is 1. The highest BCUT2D eigenvalue weighted by Gasteiger charge is 2.30.